The van der Waals surface area contributed by atoms with Crippen LogP contribution in [-0.4, -0.2) is 0 Å². The van der Waals surface area contributed by atoms with Crippen LogP contribution in [0.15, 0.2) is 40.9 Å². The largest absolute Gasteiger partial charge is 0.271 e. The van der Waals surface area contributed by atoms with Gasteiger partial charge in [0, 0.05) is 4.47 Å². The van der Waals surface area contributed by atoms with E-state index in [1.807, 2.05) is 18.2 Å². The SMILES string of the molecule is Cc1cc(Br)ccc1C(Cc1cccc(Cl)c1Cl)NN. The highest BCUT2D eigenvalue weighted by Crippen LogP contribution is 2.30. The van der Waals surface area contributed by atoms with Crippen molar-refractivity contribution in [2.45, 2.75) is 19.4 Å². The molecule has 0 radical (unpaired) electrons. The maximum absolute atomic E-state index is 6.24. The molecule has 5 heteroatoms. The molecule has 0 aliphatic carbocycles. The monoisotopic (exact) mass is 372 g/mol. The zero-order valence-corrected chi connectivity index (χ0v) is 14.1. The van der Waals surface area contributed by atoms with Crippen LogP contribution in [0.4, 0.5) is 0 Å². The molecule has 0 fully saturated rings. The Hall–Kier alpha value is -0.580. The van der Waals surface area contributed by atoms with Gasteiger partial charge in [0.05, 0.1) is 16.1 Å². The smallest absolute Gasteiger partial charge is 0.0624 e. The molecule has 106 valence electrons. The Morgan fingerprint density at radius 1 is 1.25 bits per heavy atom. The van der Waals surface area contributed by atoms with Gasteiger partial charge in [-0.2, -0.15) is 0 Å². The van der Waals surface area contributed by atoms with Crippen molar-refractivity contribution in [3.05, 3.63) is 67.6 Å². The molecule has 1 atom stereocenters. The van der Waals surface area contributed by atoms with Crippen LogP contribution in [0.5, 0.6) is 0 Å². The minimum absolute atomic E-state index is 0.0148. The van der Waals surface area contributed by atoms with Gasteiger partial charge in [0.1, 0.15) is 0 Å². The van der Waals surface area contributed by atoms with Crippen molar-refractivity contribution in [3.8, 4) is 0 Å². The van der Waals surface area contributed by atoms with Gasteiger partial charge in [0.2, 0.25) is 0 Å². The lowest BCUT2D eigenvalue weighted by Crippen LogP contribution is -2.30. The quantitative estimate of drug-likeness (QED) is 0.596. The normalized spacial score (nSPS) is 12.4. The molecule has 1 unspecified atom stereocenters. The standard InChI is InChI=1S/C15H15BrCl2N2/c1-9-7-11(16)5-6-12(9)14(20-19)8-10-3-2-4-13(17)15(10)18/h2-7,14,20H,8,19H2,1H3. The van der Waals surface area contributed by atoms with E-state index in [9.17, 15) is 0 Å². The van der Waals surface area contributed by atoms with Gasteiger partial charge < -0.3 is 0 Å². The van der Waals surface area contributed by atoms with Gasteiger partial charge in [-0.25, -0.2) is 0 Å². The predicted octanol–water partition coefficient (Wildman–Crippen LogP) is 4.81. The third-order valence-corrected chi connectivity index (χ3v) is 4.62. The average molecular weight is 374 g/mol. The number of aryl methyl sites for hydroxylation is 1. The van der Waals surface area contributed by atoms with Crippen molar-refractivity contribution in [3.63, 3.8) is 0 Å². The van der Waals surface area contributed by atoms with E-state index in [0.29, 0.717) is 16.5 Å². The summed E-state index contributed by atoms with van der Waals surface area (Å²) in [7, 11) is 0. The molecule has 3 N–H and O–H groups in total. The van der Waals surface area contributed by atoms with Gasteiger partial charge in [0.15, 0.2) is 0 Å². The molecule has 0 amide bonds. The van der Waals surface area contributed by atoms with Gasteiger partial charge in [-0.1, -0.05) is 57.3 Å². The first kappa shape index (κ1) is 15.8. The minimum Gasteiger partial charge on any atom is -0.271 e. The summed E-state index contributed by atoms with van der Waals surface area (Å²) in [5.74, 6) is 5.71. The molecule has 0 spiro atoms. The van der Waals surface area contributed by atoms with Crippen LogP contribution in [0.2, 0.25) is 10.0 Å². The Balaban J connectivity index is 2.31. The number of nitrogens with two attached hydrogens (primary N) is 1. The maximum Gasteiger partial charge on any atom is 0.0624 e. The van der Waals surface area contributed by atoms with Crippen molar-refractivity contribution in [1.82, 2.24) is 5.43 Å². The molecule has 2 nitrogen and oxygen atoms in total. The van der Waals surface area contributed by atoms with Crippen molar-refractivity contribution in [2.75, 3.05) is 0 Å². The zero-order valence-electron chi connectivity index (χ0n) is 11.0. The fourth-order valence-electron chi connectivity index (χ4n) is 2.21. The second-order valence-electron chi connectivity index (χ2n) is 4.64. The van der Waals surface area contributed by atoms with E-state index in [1.165, 1.54) is 5.56 Å². The molecule has 0 saturated heterocycles. The number of benzene rings is 2. The summed E-state index contributed by atoms with van der Waals surface area (Å²) in [4.78, 5) is 0. The Morgan fingerprint density at radius 2 is 2.00 bits per heavy atom. The summed E-state index contributed by atoms with van der Waals surface area (Å²) in [6.07, 6.45) is 0.679. The number of halogens is 3. The van der Waals surface area contributed by atoms with Crippen molar-refractivity contribution >= 4 is 39.1 Å². The molecule has 0 saturated carbocycles. The Bertz CT molecular complexity index is 617. The van der Waals surface area contributed by atoms with E-state index < -0.39 is 0 Å². The van der Waals surface area contributed by atoms with Crippen LogP contribution in [0, 0.1) is 6.92 Å². The van der Waals surface area contributed by atoms with Gasteiger partial charge in [-0.15, -0.1) is 0 Å². The van der Waals surface area contributed by atoms with E-state index >= 15 is 0 Å². The van der Waals surface area contributed by atoms with Gasteiger partial charge in [0.25, 0.3) is 0 Å². The van der Waals surface area contributed by atoms with Gasteiger partial charge >= 0.3 is 0 Å². The van der Waals surface area contributed by atoms with E-state index in [4.69, 9.17) is 29.0 Å². The van der Waals surface area contributed by atoms with Crippen LogP contribution in [0.1, 0.15) is 22.7 Å². The summed E-state index contributed by atoms with van der Waals surface area (Å²) in [6.45, 7) is 2.06. The van der Waals surface area contributed by atoms with Crippen LogP contribution in [0.3, 0.4) is 0 Å². The molecule has 20 heavy (non-hydrogen) atoms. The molecule has 0 aliphatic rings. The van der Waals surface area contributed by atoms with Crippen molar-refractivity contribution < 1.29 is 0 Å². The highest BCUT2D eigenvalue weighted by molar-refractivity contribution is 9.10. The molecule has 2 aromatic rings. The molecule has 0 bridgehead atoms. The van der Waals surface area contributed by atoms with Crippen LogP contribution in [-0.2, 0) is 6.42 Å². The number of nitrogens with one attached hydrogen (secondary N) is 1. The fourth-order valence-corrected chi connectivity index (χ4v) is 3.09. The molecular formula is C15H15BrCl2N2. The average Bonchev–Trinajstić information content (AvgIpc) is 2.41. The third kappa shape index (κ3) is 3.54. The Kier molecular flexibility index (Phi) is 5.47. The first-order valence-electron chi connectivity index (χ1n) is 6.18. The van der Waals surface area contributed by atoms with Crippen LogP contribution in [0.25, 0.3) is 0 Å². The van der Waals surface area contributed by atoms with E-state index in [2.05, 4.69) is 40.4 Å². The minimum atomic E-state index is -0.0148. The number of hydrogen-bond acceptors (Lipinski definition) is 2. The molecular weight excluding hydrogens is 359 g/mol. The lowest BCUT2D eigenvalue weighted by atomic mass is 9.96. The fraction of sp³-hybridized carbons (Fsp3) is 0.200. The first-order valence-corrected chi connectivity index (χ1v) is 7.73. The Morgan fingerprint density at radius 3 is 2.65 bits per heavy atom. The molecule has 0 aromatic heterocycles. The lowest BCUT2D eigenvalue weighted by Gasteiger charge is -2.19. The summed E-state index contributed by atoms with van der Waals surface area (Å²) in [5, 5.41) is 1.15. The molecule has 0 aliphatic heterocycles. The Labute approximate surface area is 137 Å². The van der Waals surface area contributed by atoms with Gasteiger partial charge in [-0.05, 0) is 48.2 Å². The third-order valence-electron chi connectivity index (χ3n) is 3.26. The highest BCUT2D eigenvalue weighted by atomic mass is 79.9. The number of hydrazine groups is 1. The second-order valence-corrected chi connectivity index (χ2v) is 6.34. The topological polar surface area (TPSA) is 38.0 Å². The predicted molar refractivity (Wildman–Crippen MR) is 89.1 cm³/mol. The van der Waals surface area contributed by atoms with Crippen LogP contribution < -0.4 is 11.3 Å². The van der Waals surface area contributed by atoms with E-state index in [1.54, 1.807) is 6.07 Å². The molecule has 2 aromatic carbocycles. The zero-order chi connectivity index (χ0) is 14.7. The summed E-state index contributed by atoms with van der Waals surface area (Å²) in [6, 6.07) is 11.8. The van der Waals surface area contributed by atoms with E-state index in [-0.39, 0.29) is 6.04 Å². The number of rotatable bonds is 4. The van der Waals surface area contributed by atoms with E-state index in [0.717, 1.165) is 15.6 Å². The molecule has 2 rings (SSSR count). The highest BCUT2D eigenvalue weighted by Gasteiger charge is 2.15. The molecule has 0 heterocycles. The summed E-state index contributed by atoms with van der Waals surface area (Å²) >= 11 is 15.8. The first-order chi connectivity index (χ1) is 9.52. The van der Waals surface area contributed by atoms with Gasteiger partial charge in [-0.3, -0.25) is 11.3 Å². The lowest BCUT2D eigenvalue weighted by molar-refractivity contribution is 0.549. The van der Waals surface area contributed by atoms with Crippen molar-refractivity contribution in [2.24, 2.45) is 5.84 Å². The second kappa shape index (κ2) is 6.92. The van der Waals surface area contributed by atoms with Crippen molar-refractivity contribution in [1.29, 1.82) is 0 Å². The maximum atomic E-state index is 6.24. The number of hydrogen-bond donors (Lipinski definition) is 2. The summed E-state index contributed by atoms with van der Waals surface area (Å²) in [5.41, 5.74) is 6.15. The summed E-state index contributed by atoms with van der Waals surface area (Å²) < 4.78 is 1.05. The van der Waals surface area contributed by atoms with Crippen LogP contribution >= 0.6 is 39.1 Å².